The van der Waals surface area contributed by atoms with Crippen molar-refractivity contribution in [3.8, 4) is 0 Å². The first-order valence-corrected chi connectivity index (χ1v) is 8.14. The number of ether oxygens (including phenoxy) is 3. The Morgan fingerprint density at radius 3 is 2.48 bits per heavy atom. The van der Waals surface area contributed by atoms with Crippen LogP contribution < -0.4 is 0 Å². The monoisotopic (exact) mass is 325 g/mol. The summed E-state index contributed by atoms with van der Waals surface area (Å²) in [5, 5.41) is 1.20. The number of esters is 1. The van der Waals surface area contributed by atoms with Gasteiger partial charge in [-0.25, -0.2) is 14.7 Å². The molecule has 2 saturated heterocycles. The van der Waals surface area contributed by atoms with Gasteiger partial charge in [0.15, 0.2) is 5.79 Å². The van der Waals surface area contributed by atoms with E-state index in [9.17, 15) is 9.59 Å². The molecule has 3 heterocycles. The summed E-state index contributed by atoms with van der Waals surface area (Å²) in [5.74, 6) is -1.63. The molecule has 0 aromatic rings. The molecule has 7 nitrogen and oxygen atoms in total. The molecule has 0 radical (unpaired) electrons. The largest absolute Gasteiger partial charge is 0.463 e. The minimum atomic E-state index is -1.48. The molecule has 3 aliphatic heterocycles. The summed E-state index contributed by atoms with van der Waals surface area (Å²) >= 11 is 0. The molecule has 4 rings (SSSR count). The third-order valence-electron chi connectivity index (χ3n) is 4.79. The molecule has 0 saturated carbocycles. The van der Waals surface area contributed by atoms with Gasteiger partial charge in [0.25, 0.3) is 0 Å². The number of fused-ring (bicyclic) bond motifs is 1. The van der Waals surface area contributed by atoms with E-state index in [2.05, 4.69) is 0 Å². The number of carbonyl (C=O) groups is 2. The minimum absolute atomic E-state index is 0.215. The Bertz CT molecular complexity index is 543. The fourth-order valence-electron chi connectivity index (χ4n) is 3.50. The molecule has 1 aliphatic carbocycles. The average molecular weight is 325 g/mol. The highest BCUT2D eigenvalue weighted by Gasteiger charge is 2.68. The fraction of sp³-hybridized carbons (Fsp3) is 0.750. The number of amides is 1. The lowest BCUT2D eigenvalue weighted by molar-refractivity contribution is -0.299. The van der Waals surface area contributed by atoms with Crippen LogP contribution in [-0.4, -0.2) is 53.2 Å². The quantitative estimate of drug-likeness (QED) is 0.573. The van der Waals surface area contributed by atoms with Gasteiger partial charge >= 0.3 is 5.97 Å². The standard InChI is InChI=1S/C16H23NO6/c1-5-15(6-2)21-12-11-8-9-16(13(12)22-15,14(19)20-7-3)23-17(11)10(4)18/h8-9,11-13H,5-7H2,1-4H3/t11?,12-,13-,16?/m0/s1. The first-order chi connectivity index (χ1) is 10.9. The maximum atomic E-state index is 12.6. The molecule has 7 heteroatoms. The van der Waals surface area contributed by atoms with Gasteiger partial charge in [0.1, 0.15) is 18.2 Å². The predicted octanol–water partition coefficient (Wildman–Crippen LogP) is 1.32. The van der Waals surface area contributed by atoms with E-state index in [1.807, 2.05) is 13.8 Å². The summed E-state index contributed by atoms with van der Waals surface area (Å²) in [6, 6.07) is -0.409. The number of hydroxylamine groups is 2. The molecule has 4 aliphatic rings. The van der Waals surface area contributed by atoms with E-state index < -0.39 is 35.6 Å². The lowest BCUT2D eigenvalue weighted by Crippen LogP contribution is -2.70. The van der Waals surface area contributed by atoms with E-state index in [4.69, 9.17) is 19.0 Å². The van der Waals surface area contributed by atoms with E-state index >= 15 is 0 Å². The number of hydrogen-bond donors (Lipinski definition) is 0. The van der Waals surface area contributed by atoms with Gasteiger partial charge in [0, 0.05) is 6.92 Å². The molecule has 0 aromatic heterocycles. The molecule has 1 amide bonds. The lowest BCUT2D eigenvalue weighted by Gasteiger charge is -2.50. The van der Waals surface area contributed by atoms with Crippen molar-refractivity contribution in [3.63, 3.8) is 0 Å². The highest BCUT2D eigenvalue weighted by molar-refractivity contribution is 5.85. The molecule has 0 N–H and O–H groups in total. The topological polar surface area (TPSA) is 74.3 Å². The van der Waals surface area contributed by atoms with Crippen LogP contribution in [0, 0.1) is 0 Å². The van der Waals surface area contributed by atoms with Crippen molar-refractivity contribution < 1.29 is 28.6 Å². The van der Waals surface area contributed by atoms with Crippen molar-refractivity contribution in [2.24, 2.45) is 0 Å². The first-order valence-electron chi connectivity index (χ1n) is 8.14. The van der Waals surface area contributed by atoms with E-state index in [0.29, 0.717) is 12.8 Å². The second-order valence-corrected chi connectivity index (χ2v) is 6.04. The Hall–Kier alpha value is -1.44. The van der Waals surface area contributed by atoms with Crippen molar-refractivity contribution in [3.05, 3.63) is 12.2 Å². The van der Waals surface area contributed by atoms with Crippen LogP contribution in [0.15, 0.2) is 12.2 Å². The van der Waals surface area contributed by atoms with Gasteiger partial charge in [0.2, 0.25) is 11.5 Å². The van der Waals surface area contributed by atoms with Crippen LogP contribution in [0.2, 0.25) is 0 Å². The SMILES string of the molecule is CCOC(=O)C12C=CC([C@@H]3OC(CC)(CC)O[C@@H]31)N(C(C)=O)O2. The lowest BCUT2D eigenvalue weighted by atomic mass is 9.81. The molecule has 0 aromatic carbocycles. The Morgan fingerprint density at radius 1 is 1.22 bits per heavy atom. The first kappa shape index (κ1) is 16.4. The Labute approximate surface area is 135 Å². The number of carbonyl (C=O) groups excluding carboxylic acids is 2. The normalized spacial score (nSPS) is 36.9. The Balaban J connectivity index is 2.03. The summed E-state index contributed by atoms with van der Waals surface area (Å²) in [5.41, 5.74) is -1.48. The summed E-state index contributed by atoms with van der Waals surface area (Å²) in [4.78, 5) is 30.3. The third-order valence-corrected chi connectivity index (χ3v) is 4.79. The zero-order valence-electron chi connectivity index (χ0n) is 13.9. The number of rotatable bonds is 4. The highest BCUT2D eigenvalue weighted by atomic mass is 16.8. The van der Waals surface area contributed by atoms with Gasteiger partial charge in [0.05, 0.1) is 6.61 Å². The van der Waals surface area contributed by atoms with Crippen LogP contribution in [0.25, 0.3) is 0 Å². The maximum absolute atomic E-state index is 12.6. The van der Waals surface area contributed by atoms with Gasteiger partial charge in [-0.3, -0.25) is 4.79 Å². The molecule has 128 valence electrons. The van der Waals surface area contributed by atoms with Crippen LogP contribution in [0.1, 0.15) is 40.5 Å². The van der Waals surface area contributed by atoms with Crippen molar-refractivity contribution >= 4 is 11.9 Å². The van der Waals surface area contributed by atoms with Crippen molar-refractivity contribution in [2.75, 3.05) is 6.61 Å². The van der Waals surface area contributed by atoms with E-state index in [1.54, 1.807) is 19.1 Å². The number of hydrogen-bond acceptors (Lipinski definition) is 6. The fourth-order valence-corrected chi connectivity index (χ4v) is 3.50. The summed E-state index contributed by atoms with van der Waals surface area (Å²) in [6.07, 6.45) is 3.60. The van der Waals surface area contributed by atoms with E-state index in [-0.39, 0.29) is 12.5 Å². The van der Waals surface area contributed by atoms with E-state index in [1.165, 1.54) is 12.0 Å². The van der Waals surface area contributed by atoms with Crippen molar-refractivity contribution in [1.82, 2.24) is 5.06 Å². The zero-order valence-corrected chi connectivity index (χ0v) is 13.9. The summed E-state index contributed by atoms with van der Waals surface area (Å²) in [6.45, 7) is 7.27. The van der Waals surface area contributed by atoms with Gasteiger partial charge in [-0.05, 0) is 25.8 Å². The second kappa shape index (κ2) is 5.58. The molecular formula is C16H23NO6. The minimum Gasteiger partial charge on any atom is -0.463 e. The maximum Gasteiger partial charge on any atom is 0.348 e. The van der Waals surface area contributed by atoms with Crippen LogP contribution >= 0.6 is 0 Å². The Morgan fingerprint density at radius 2 is 1.91 bits per heavy atom. The Kier molecular flexibility index (Phi) is 3.98. The van der Waals surface area contributed by atoms with Gasteiger partial charge < -0.3 is 14.2 Å². The molecule has 2 fully saturated rings. The molecule has 0 spiro atoms. The van der Waals surface area contributed by atoms with Crippen LogP contribution in [-0.2, 0) is 28.6 Å². The average Bonchev–Trinajstić information content (AvgIpc) is 2.97. The molecular weight excluding hydrogens is 302 g/mol. The van der Waals surface area contributed by atoms with Crippen molar-refractivity contribution in [1.29, 1.82) is 0 Å². The van der Waals surface area contributed by atoms with Crippen molar-refractivity contribution in [2.45, 2.75) is 70.2 Å². The third kappa shape index (κ3) is 2.21. The molecule has 2 bridgehead atoms. The predicted molar refractivity (Wildman–Crippen MR) is 79.0 cm³/mol. The summed E-state index contributed by atoms with van der Waals surface area (Å²) < 4.78 is 17.5. The second-order valence-electron chi connectivity index (χ2n) is 6.04. The van der Waals surface area contributed by atoms with Crippen LogP contribution in [0.3, 0.4) is 0 Å². The van der Waals surface area contributed by atoms with Crippen LogP contribution in [0.5, 0.6) is 0 Å². The highest BCUT2D eigenvalue weighted by Crippen LogP contribution is 2.49. The van der Waals surface area contributed by atoms with Gasteiger partial charge in [-0.2, -0.15) is 0 Å². The molecule has 4 atom stereocenters. The van der Waals surface area contributed by atoms with Crippen LogP contribution in [0.4, 0.5) is 0 Å². The number of nitrogens with zero attached hydrogens (tertiary/aromatic N) is 1. The molecule has 23 heavy (non-hydrogen) atoms. The van der Waals surface area contributed by atoms with Gasteiger partial charge in [-0.15, -0.1) is 0 Å². The summed E-state index contributed by atoms with van der Waals surface area (Å²) in [7, 11) is 0. The molecule has 2 unspecified atom stereocenters. The van der Waals surface area contributed by atoms with E-state index in [0.717, 1.165) is 0 Å². The smallest absolute Gasteiger partial charge is 0.348 e. The van der Waals surface area contributed by atoms with Gasteiger partial charge in [-0.1, -0.05) is 19.9 Å². The zero-order chi connectivity index (χ0) is 16.8.